The molecular formula is C11H19NO3S. The van der Waals surface area contributed by atoms with E-state index in [9.17, 15) is 4.79 Å². The predicted molar refractivity (Wildman–Crippen MR) is 63.6 cm³/mol. The van der Waals surface area contributed by atoms with Crippen molar-refractivity contribution in [3.63, 3.8) is 0 Å². The first-order chi connectivity index (χ1) is 7.60. The van der Waals surface area contributed by atoms with Crippen LogP contribution in [0.3, 0.4) is 0 Å². The van der Waals surface area contributed by atoms with E-state index in [-0.39, 0.29) is 0 Å². The molecule has 0 bridgehead atoms. The van der Waals surface area contributed by atoms with Crippen LogP contribution in [0.5, 0.6) is 0 Å². The second kappa shape index (κ2) is 4.94. The smallest absolute Gasteiger partial charge is 0.323 e. The fourth-order valence-corrected chi connectivity index (χ4v) is 4.08. The lowest BCUT2D eigenvalue weighted by Gasteiger charge is -2.25. The molecule has 2 fully saturated rings. The Morgan fingerprint density at radius 1 is 1.31 bits per heavy atom. The zero-order chi connectivity index (χ0) is 11.6. The van der Waals surface area contributed by atoms with Crippen molar-refractivity contribution < 1.29 is 14.6 Å². The van der Waals surface area contributed by atoms with Crippen LogP contribution in [0.15, 0.2) is 0 Å². The van der Waals surface area contributed by atoms with Crippen LogP contribution in [0.2, 0.25) is 0 Å². The minimum absolute atomic E-state index is 0.421. The fourth-order valence-electron chi connectivity index (χ4n) is 2.42. The molecule has 2 unspecified atom stereocenters. The molecule has 5 heteroatoms. The number of hydrogen-bond acceptors (Lipinski definition) is 4. The first kappa shape index (κ1) is 12.2. The Labute approximate surface area is 99.9 Å². The summed E-state index contributed by atoms with van der Waals surface area (Å²) in [6.07, 6.45) is 4.34. The SMILES string of the molecule is NC1(C(=O)O)CCC(SC2CCOCC2)C1. The average molecular weight is 245 g/mol. The van der Waals surface area contributed by atoms with E-state index in [1.807, 2.05) is 11.8 Å². The highest BCUT2D eigenvalue weighted by molar-refractivity contribution is 8.00. The number of nitrogens with two attached hydrogens (primary N) is 1. The molecule has 2 rings (SSSR count). The van der Waals surface area contributed by atoms with Crippen LogP contribution in [-0.4, -0.2) is 40.3 Å². The molecule has 0 radical (unpaired) electrons. The Morgan fingerprint density at radius 2 is 2.00 bits per heavy atom. The van der Waals surface area contributed by atoms with E-state index in [2.05, 4.69) is 0 Å². The van der Waals surface area contributed by atoms with Gasteiger partial charge in [-0.1, -0.05) is 0 Å². The Bertz CT molecular complexity index is 268. The van der Waals surface area contributed by atoms with Crippen LogP contribution in [0.25, 0.3) is 0 Å². The van der Waals surface area contributed by atoms with Crippen molar-refractivity contribution in [1.29, 1.82) is 0 Å². The number of aliphatic carboxylic acids is 1. The van der Waals surface area contributed by atoms with Crippen LogP contribution >= 0.6 is 11.8 Å². The molecule has 0 spiro atoms. The quantitative estimate of drug-likeness (QED) is 0.782. The maximum Gasteiger partial charge on any atom is 0.323 e. The van der Waals surface area contributed by atoms with Gasteiger partial charge in [-0.15, -0.1) is 0 Å². The molecule has 2 aliphatic rings. The molecule has 1 saturated carbocycles. The highest BCUT2D eigenvalue weighted by Crippen LogP contribution is 2.39. The van der Waals surface area contributed by atoms with Gasteiger partial charge in [0.2, 0.25) is 0 Å². The van der Waals surface area contributed by atoms with Crippen molar-refractivity contribution in [2.45, 2.75) is 48.1 Å². The van der Waals surface area contributed by atoms with Crippen LogP contribution in [0.1, 0.15) is 32.1 Å². The molecule has 2 atom stereocenters. The van der Waals surface area contributed by atoms with Crippen LogP contribution < -0.4 is 5.73 Å². The normalized spacial score (nSPS) is 36.4. The molecule has 1 aliphatic carbocycles. The van der Waals surface area contributed by atoms with E-state index >= 15 is 0 Å². The molecule has 1 heterocycles. The van der Waals surface area contributed by atoms with Gasteiger partial charge in [0.1, 0.15) is 5.54 Å². The number of carbonyl (C=O) groups is 1. The van der Waals surface area contributed by atoms with E-state index in [4.69, 9.17) is 15.6 Å². The second-order valence-electron chi connectivity index (χ2n) is 4.77. The minimum Gasteiger partial charge on any atom is -0.480 e. The molecule has 0 aromatic carbocycles. The van der Waals surface area contributed by atoms with Crippen molar-refractivity contribution >= 4 is 17.7 Å². The van der Waals surface area contributed by atoms with E-state index in [0.717, 1.165) is 32.5 Å². The largest absolute Gasteiger partial charge is 0.480 e. The monoisotopic (exact) mass is 245 g/mol. The highest BCUT2D eigenvalue weighted by Gasteiger charge is 2.42. The summed E-state index contributed by atoms with van der Waals surface area (Å²) >= 11 is 1.92. The Balaban J connectivity index is 1.82. The van der Waals surface area contributed by atoms with E-state index in [1.54, 1.807) is 0 Å². The Hall–Kier alpha value is -0.260. The maximum atomic E-state index is 11.0. The summed E-state index contributed by atoms with van der Waals surface area (Å²) in [5, 5.41) is 10.1. The number of hydrogen-bond donors (Lipinski definition) is 2. The molecule has 92 valence electrons. The summed E-state index contributed by atoms with van der Waals surface area (Å²) in [6, 6.07) is 0. The lowest BCUT2D eigenvalue weighted by molar-refractivity contribution is -0.143. The third-order valence-electron chi connectivity index (χ3n) is 3.48. The van der Waals surface area contributed by atoms with Gasteiger partial charge >= 0.3 is 5.97 Å². The van der Waals surface area contributed by atoms with Gasteiger partial charge in [-0.25, -0.2) is 0 Å². The summed E-state index contributed by atoms with van der Waals surface area (Å²) in [6.45, 7) is 1.69. The van der Waals surface area contributed by atoms with Crippen LogP contribution in [0, 0.1) is 0 Å². The lowest BCUT2D eigenvalue weighted by atomic mass is 10.0. The molecule has 4 nitrogen and oxygen atoms in total. The van der Waals surface area contributed by atoms with Crippen molar-refractivity contribution in [3.05, 3.63) is 0 Å². The van der Waals surface area contributed by atoms with Crippen molar-refractivity contribution in [1.82, 2.24) is 0 Å². The predicted octanol–water partition coefficient (Wildman–Crippen LogP) is 1.23. The van der Waals surface area contributed by atoms with Gasteiger partial charge in [-0.2, -0.15) is 11.8 Å². The van der Waals surface area contributed by atoms with Gasteiger partial charge in [0.05, 0.1) is 0 Å². The first-order valence-corrected chi connectivity index (χ1v) is 6.80. The van der Waals surface area contributed by atoms with Gasteiger partial charge in [-0.05, 0) is 32.1 Å². The molecule has 0 aromatic heterocycles. The van der Waals surface area contributed by atoms with Gasteiger partial charge < -0.3 is 15.6 Å². The third-order valence-corrected chi connectivity index (χ3v) is 5.13. The van der Waals surface area contributed by atoms with Gasteiger partial charge in [0.25, 0.3) is 0 Å². The summed E-state index contributed by atoms with van der Waals surface area (Å²) in [4.78, 5) is 11.0. The van der Waals surface area contributed by atoms with Crippen molar-refractivity contribution in [2.24, 2.45) is 5.73 Å². The Morgan fingerprint density at radius 3 is 2.56 bits per heavy atom. The molecular weight excluding hydrogens is 226 g/mol. The van der Waals surface area contributed by atoms with Crippen LogP contribution in [-0.2, 0) is 9.53 Å². The maximum absolute atomic E-state index is 11.0. The zero-order valence-corrected chi connectivity index (χ0v) is 10.2. The summed E-state index contributed by atoms with van der Waals surface area (Å²) in [5.74, 6) is -0.845. The van der Waals surface area contributed by atoms with Gasteiger partial charge in [-0.3, -0.25) is 4.79 Å². The number of thioether (sulfide) groups is 1. The number of carboxylic acid groups (broad SMARTS) is 1. The molecule has 1 saturated heterocycles. The highest BCUT2D eigenvalue weighted by atomic mass is 32.2. The van der Waals surface area contributed by atoms with E-state index in [1.165, 1.54) is 0 Å². The molecule has 16 heavy (non-hydrogen) atoms. The zero-order valence-electron chi connectivity index (χ0n) is 9.35. The summed E-state index contributed by atoms with van der Waals surface area (Å²) < 4.78 is 5.31. The topological polar surface area (TPSA) is 72.6 Å². The van der Waals surface area contributed by atoms with E-state index in [0.29, 0.717) is 23.3 Å². The second-order valence-corrected chi connectivity index (χ2v) is 6.38. The standard InChI is InChI=1S/C11H19NO3S/c12-11(10(13)14)4-1-9(7-11)16-8-2-5-15-6-3-8/h8-9H,1-7,12H2,(H,13,14). The average Bonchev–Trinajstić information content (AvgIpc) is 2.63. The van der Waals surface area contributed by atoms with Crippen molar-refractivity contribution in [2.75, 3.05) is 13.2 Å². The molecule has 0 aromatic rings. The number of carboxylic acids is 1. The number of rotatable bonds is 3. The summed E-state index contributed by atoms with van der Waals surface area (Å²) in [5.41, 5.74) is 4.89. The Kier molecular flexibility index (Phi) is 3.77. The number of ether oxygens (including phenoxy) is 1. The lowest BCUT2D eigenvalue weighted by Crippen LogP contribution is -2.45. The first-order valence-electron chi connectivity index (χ1n) is 5.86. The fraction of sp³-hybridized carbons (Fsp3) is 0.909. The molecule has 1 aliphatic heterocycles. The third kappa shape index (κ3) is 2.70. The minimum atomic E-state index is -0.969. The van der Waals surface area contributed by atoms with Gasteiger partial charge in [0.15, 0.2) is 0 Å². The van der Waals surface area contributed by atoms with Gasteiger partial charge in [0, 0.05) is 23.7 Å². The molecule has 0 amide bonds. The molecule has 3 N–H and O–H groups in total. The summed E-state index contributed by atoms with van der Waals surface area (Å²) in [7, 11) is 0. The van der Waals surface area contributed by atoms with E-state index < -0.39 is 11.5 Å². The van der Waals surface area contributed by atoms with Crippen molar-refractivity contribution in [3.8, 4) is 0 Å². The van der Waals surface area contributed by atoms with Crippen LogP contribution in [0.4, 0.5) is 0 Å².